The second-order valence-electron chi connectivity index (χ2n) is 5.70. The molecule has 23 heavy (non-hydrogen) atoms. The first-order valence-electron chi connectivity index (χ1n) is 7.70. The molecule has 0 bridgehead atoms. The van der Waals surface area contributed by atoms with E-state index in [0.29, 0.717) is 6.54 Å². The molecule has 0 aliphatic rings. The highest BCUT2D eigenvalue weighted by atomic mass is 32.2. The van der Waals surface area contributed by atoms with Crippen LogP contribution in [0.1, 0.15) is 45.6 Å². The van der Waals surface area contributed by atoms with Gasteiger partial charge in [-0.15, -0.1) is 0 Å². The van der Waals surface area contributed by atoms with Crippen LogP contribution in [0.3, 0.4) is 0 Å². The maximum absolute atomic E-state index is 12.6. The summed E-state index contributed by atoms with van der Waals surface area (Å²) in [7, 11) is -2.45. The normalized spacial score (nSPS) is 13.0. The van der Waals surface area contributed by atoms with Crippen LogP contribution in [0.4, 0.5) is 0 Å². The summed E-state index contributed by atoms with van der Waals surface area (Å²) in [4.78, 5) is 11.9. The smallest absolute Gasteiger partial charge is 0.244 e. The molecule has 0 aliphatic heterocycles. The Kier molecular flexibility index (Phi) is 7.02. The van der Waals surface area contributed by atoms with Crippen LogP contribution >= 0.6 is 0 Å². The number of sulfonamides is 1. The van der Waals surface area contributed by atoms with E-state index < -0.39 is 16.1 Å². The molecule has 1 amide bonds. The van der Waals surface area contributed by atoms with Gasteiger partial charge >= 0.3 is 0 Å². The third kappa shape index (κ3) is 5.21. The molecule has 0 aromatic heterocycles. The highest BCUT2D eigenvalue weighted by Gasteiger charge is 2.25. The lowest BCUT2D eigenvalue weighted by atomic mass is 10.0. The van der Waals surface area contributed by atoms with Gasteiger partial charge in [-0.3, -0.25) is 4.79 Å². The van der Waals surface area contributed by atoms with Crippen molar-refractivity contribution in [1.29, 1.82) is 0 Å². The van der Waals surface area contributed by atoms with Crippen molar-refractivity contribution in [3.63, 3.8) is 0 Å². The number of hydrogen-bond donors (Lipinski definition) is 2. The van der Waals surface area contributed by atoms with Crippen molar-refractivity contribution in [2.45, 2.75) is 51.0 Å². The van der Waals surface area contributed by atoms with Gasteiger partial charge in [0.05, 0.1) is 13.2 Å². The highest BCUT2D eigenvalue weighted by Crippen LogP contribution is 2.28. The average molecular weight is 342 g/mol. The van der Waals surface area contributed by atoms with Crippen molar-refractivity contribution >= 4 is 15.9 Å². The van der Waals surface area contributed by atoms with E-state index in [1.807, 2.05) is 26.8 Å². The summed E-state index contributed by atoms with van der Waals surface area (Å²) in [6.45, 7) is 7.91. The monoisotopic (exact) mass is 342 g/mol. The molecule has 130 valence electrons. The molecule has 0 radical (unpaired) electrons. The van der Waals surface area contributed by atoms with Crippen molar-refractivity contribution in [2.24, 2.45) is 0 Å². The molecule has 0 saturated heterocycles. The Morgan fingerprint density at radius 2 is 1.91 bits per heavy atom. The Labute approximate surface area is 138 Å². The van der Waals surface area contributed by atoms with Gasteiger partial charge in [-0.25, -0.2) is 8.42 Å². The lowest BCUT2D eigenvalue weighted by molar-refractivity contribution is -0.122. The number of carbonyl (C=O) groups excluding carboxylic acids is 1. The Bertz CT molecular complexity index is 641. The number of ether oxygens (including phenoxy) is 1. The zero-order valence-electron chi connectivity index (χ0n) is 14.3. The standard InChI is InChI=1S/C16H26N2O4S/c1-6-9-17-16(19)12(4)18-23(20,21)15-10-13(11(2)3)7-8-14(15)22-5/h7-8,10-12,18H,6,9H2,1-5H3,(H,17,19). The minimum atomic E-state index is -3.86. The molecule has 7 heteroatoms. The van der Waals surface area contributed by atoms with E-state index in [-0.39, 0.29) is 22.5 Å². The molecular formula is C16H26N2O4S. The van der Waals surface area contributed by atoms with Gasteiger partial charge in [0, 0.05) is 6.54 Å². The van der Waals surface area contributed by atoms with E-state index in [4.69, 9.17) is 4.74 Å². The van der Waals surface area contributed by atoms with Crippen LogP contribution in [0.25, 0.3) is 0 Å². The summed E-state index contributed by atoms with van der Waals surface area (Å²) in [5, 5.41) is 2.67. The Balaban J connectivity index is 3.07. The van der Waals surface area contributed by atoms with Gasteiger partial charge in [0.1, 0.15) is 10.6 Å². The van der Waals surface area contributed by atoms with Crippen LogP contribution in [0, 0.1) is 0 Å². The van der Waals surface area contributed by atoms with E-state index >= 15 is 0 Å². The number of amides is 1. The second-order valence-corrected chi connectivity index (χ2v) is 7.38. The predicted molar refractivity (Wildman–Crippen MR) is 90.2 cm³/mol. The molecule has 0 spiro atoms. The lowest BCUT2D eigenvalue weighted by Crippen LogP contribution is -2.44. The molecule has 0 saturated carbocycles. The predicted octanol–water partition coefficient (Wildman–Crippen LogP) is 2.01. The van der Waals surface area contributed by atoms with Crippen LogP contribution in [-0.4, -0.2) is 34.0 Å². The molecule has 6 nitrogen and oxygen atoms in total. The molecule has 1 unspecified atom stereocenters. The highest BCUT2D eigenvalue weighted by molar-refractivity contribution is 7.89. The van der Waals surface area contributed by atoms with Crippen molar-refractivity contribution in [2.75, 3.05) is 13.7 Å². The van der Waals surface area contributed by atoms with Gasteiger partial charge in [-0.05, 0) is 37.0 Å². The van der Waals surface area contributed by atoms with E-state index in [0.717, 1.165) is 12.0 Å². The topological polar surface area (TPSA) is 84.5 Å². The van der Waals surface area contributed by atoms with Crippen molar-refractivity contribution in [3.8, 4) is 5.75 Å². The lowest BCUT2D eigenvalue weighted by Gasteiger charge is -2.17. The van der Waals surface area contributed by atoms with Crippen LogP contribution in [0.2, 0.25) is 0 Å². The number of rotatable bonds is 8. The molecular weight excluding hydrogens is 316 g/mol. The first-order chi connectivity index (χ1) is 10.7. The molecule has 1 aromatic rings. The summed E-state index contributed by atoms with van der Waals surface area (Å²) in [5.74, 6) is 0.0811. The second kappa shape index (κ2) is 8.31. The maximum atomic E-state index is 12.6. The number of methoxy groups -OCH3 is 1. The molecule has 0 aliphatic carbocycles. The molecule has 1 aromatic carbocycles. The summed E-state index contributed by atoms with van der Waals surface area (Å²) >= 11 is 0. The van der Waals surface area contributed by atoms with Gasteiger partial charge in [0.2, 0.25) is 15.9 Å². The Hall–Kier alpha value is -1.60. The number of hydrogen-bond acceptors (Lipinski definition) is 4. The quantitative estimate of drug-likeness (QED) is 0.757. The zero-order valence-corrected chi connectivity index (χ0v) is 15.2. The van der Waals surface area contributed by atoms with Crippen molar-refractivity contribution in [3.05, 3.63) is 23.8 Å². The van der Waals surface area contributed by atoms with E-state index in [9.17, 15) is 13.2 Å². The molecule has 1 rings (SSSR count). The van der Waals surface area contributed by atoms with Gasteiger partial charge in [0.25, 0.3) is 0 Å². The summed E-state index contributed by atoms with van der Waals surface area (Å²) in [6, 6.07) is 4.19. The van der Waals surface area contributed by atoms with Crippen LogP contribution in [0.5, 0.6) is 5.75 Å². The fraction of sp³-hybridized carbons (Fsp3) is 0.562. The number of benzene rings is 1. The minimum Gasteiger partial charge on any atom is -0.495 e. The van der Waals surface area contributed by atoms with E-state index in [1.54, 1.807) is 12.1 Å². The molecule has 0 fully saturated rings. The first kappa shape index (κ1) is 19.4. The third-order valence-corrected chi connectivity index (χ3v) is 4.98. The summed E-state index contributed by atoms with van der Waals surface area (Å²) in [5.41, 5.74) is 0.884. The third-order valence-electron chi connectivity index (χ3n) is 3.42. The molecule has 0 heterocycles. The first-order valence-corrected chi connectivity index (χ1v) is 9.19. The van der Waals surface area contributed by atoms with E-state index in [2.05, 4.69) is 10.0 Å². The Morgan fingerprint density at radius 1 is 1.26 bits per heavy atom. The van der Waals surface area contributed by atoms with Gasteiger partial charge in [-0.2, -0.15) is 4.72 Å². The van der Waals surface area contributed by atoms with Crippen molar-refractivity contribution in [1.82, 2.24) is 10.0 Å². The number of nitrogens with one attached hydrogen (secondary N) is 2. The fourth-order valence-electron chi connectivity index (χ4n) is 2.01. The minimum absolute atomic E-state index is 0.0429. The molecule has 1 atom stereocenters. The van der Waals surface area contributed by atoms with Gasteiger partial charge in [0.15, 0.2) is 0 Å². The van der Waals surface area contributed by atoms with Crippen LogP contribution in [0.15, 0.2) is 23.1 Å². The van der Waals surface area contributed by atoms with Gasteiger partial charge < -0.3 is 10.1 Å². The summed E-state index contributed by atoms with van der Waals surface area (Å²) < 4.78 is 32.8. The molecule has 2 N–H and O–H groups in total. The fourth-order valence-corrected chi connectivity index (χ4v) is 3.42. The van der Waals surface area contributed by atoms with Crippen molar-refractivity contribution < 1.29 is 17.9 Å². The van der Waals surface area contributed by atoms with Crippen LogP contribution < -0.4 is 14.8 Å². The average Bonchev–Trinajstić information content (AvgIpc) is 2.51. The SMILES string of the molecule is CCCNC(=O)C(C)NS(=O)(=O)c1cc(C(C)C)ccc1OC. The Morgan fingerprint density at radius 3 is 2.43 bits per heavy atom. The van der Waals surface area contributed by atoms with Gasteiger partial charge in [-0.1, -0.05) is 26.8 Å². The van der Waals surface area contributed by atoms with Crippen LogP contribution in [-0.2, 0) is 14.8 Å². The summed E-state index contributed by atoms with van der Waals surface area (Å²) in [6.07, 6.45) is 0.787. The van der Waals surface area contributed by atoms with E-state index in [1.165, 1.54) is 14.0 Å². The number of carbonyl (C=O) groups is 1. The maximum Gasteiger partial charge on any atom is 0.244 e. The largest absolute Gasteiger partial charge is 0.495 e. The zero-order chi connectivity index (χ0) is 17.6.